The second kappa shape index (κ2) is 7.02. The first kappa shape index (κ1) is 18.9. The van der Waals surface area contributed by atoms with Gasteiger partial charge in [0.2, 0.25) is 0 Å². The van der Waals surface area contributed by atoms with E-state index in [1.165, 1.54) is 0 Å². The number of piperidine rings is 1. The highest BCUT2D eigenvalue weighted by Gasteiger charge is 2.53. The lowest BCUT2D eigenvalue weighted by Gasteiger charge is -2.36. The van der Waals surface area contributed by atoms with Crippen LogP contribution in [0, 0.1) is 0 Å². The van der Waals surface area contributed by atoms with Gasteiger partial charge >= 0.3 is 0 Å². The molecule has 2 N–H and O–H groups in total. The summed E-state index contributed by atoms with van der Waals surface area (Å²) in [6.45, 7) is 0. The summed E-state index contributed by atoms with van der Waals surface area (Å²) >= 11 is 0. The summed E-state index contributed by atoms with van der Waals surface area (Å²) in [4.78, 5) is 5.94. The van der Waals surface area contributed by atoms with E-state index in [4.69, 9.17) is 0 Å². The van der Waals surface area contributed by atoms with Crippen LogP contribution in [0.2, 0.25) is 0 Å². The summed E-state index contributed by atoms with van der Waals surface area (Å²) in [6.07, 6.45) is 6.05. The minimum absolute atomic E-state index is 0.0161. The van der Waals surface area contributed by atoms with Gasteiger partial charge in [0.05, 0.1) is 23.8 Å². The molecule has 4 heterocycles. The molecule has 0 unspecified atom stereocenters. The molecule has 0 aliphatic carbocycles. The summed E-state index contributed by atoms with van der Waals surface area (Å²) in [5, 5.41) is 22.0. The van der Waals surface area contributed by atoms with E-state index in [2.05, 4.69) is 20.5 Å². The number of halogens is 2. The van der Waals surface area contributed by atoms with E-state index in [1.807, 2.05) is 24.1 Å². The highest BCUT2D eigenvalue weighted by atomic mass is 19.3. The van der Waals surface area contributed by atoms with E-state index in [-0.39, 0.29) is 24.3 Å². The van der Waals surface area contributed by atoms with E-state index in [0.29, 0.717) is 29.9 Å². The van der Waals surface area contributed by atoms with E-state index in [0.717, 1.165) is 5.69 Å². The minimum atomic E-state index is -2.64. The second-order valence-corrected chi connectivity index (χ2v) is 8.07. The van der Waals surface area contributed by atoms with Crippen molar-refractivity contribution in [2.75, 3.05) is 11.9 Å². The van der Waals surface area contributed by atoms with Gasteiger partial charge in [0.25, 0.3) is 5.92 Å². The number of rotatable bonds is 4. The van der Waals surface area contributed by atoms with Gasteiger partial charge < -0.3 is 19.9 Å². The summed E-state index contributed by atoms with van der Waals surface area (Å²) in [6, 6.07) is 7.93. The van der Waals surface area contributed by atoms with Crippen molar-refractivity contribution in [1.82, 2.24) is 25.1 Å². The largest absolute Gasteiger partial charge is 0.507 e. The highest BCUT2D eigenvalue weighted by Crippen LogP contribution is 2.40. The molecule has 30 heavy (non-hydrogen) atoms. The quantitative estimate of drug-likeness (QED) is 0.686. The first-order valence-electron chi connectivity index (χ1n) is 9.93. The number of anilines is 1. The van der Waals surface area contributed by atoms with E-state index >= 15 is 0 Å². The molecule has 2 bridgehead atoms. The Morgan fingerprint density at radius 2 is 2.07 bits per heavy atom. The molecule has 2 aliphatic rings. The van der Waals surface area contributed by atoms with Gasteiger partial charge in [-0.1, -0.05) is 0 Å². The number of aromatic hydroxyl groups is 1. The van der Waals surface area contributed by atoms with Crippen LogP contribution in [-0.4, -0.2) is 56.0 Å². The fraction of sp³-hybridized carbons (Fsp3) is 0.381. The molecule has 1 aromatic carbocycles. The molecule has 2 aliphatic heterocycles. The van der Waals surface area contributed by atoms with Crippen LogP contribution in [0.3, 0.4) is 0 Å². The fourth-order valence-electron chi connectivity index (χ4n) is 4.49. The number of benzene rings is 1. The molecule has 156 valence electrons. The molecular weight excluding hydrogens is 390 g/mol. The number of hydrogen-bond donors (Lipinski definition) is 2. The van der Waals surface area contributed by atoms with Gasteiger partial charge in [-0.3, -0.25) is 0 Å². The Labute approximate surface area is 172 Å². The maximum absolute atomic E-state index is 14.0. The fourth-order valence-corrected chi connectivity index (χ4v) is 4.49. The Morgan fingerprint density at radius 1 is 1.20 bits per heavy atom. The molecule has 7 nitrogen and oxygen atoms in total. The zero-order valence-electron chi connectivity index (χ0n) is 16.4. The minimum Gasteiger partial charge on any atom is -0.507 e. The molecule has 2 aromatic heterocycles. The number of nitrogens with zero attached hydrogens (tertiary/aromatic N) is 5. The summed E-state index contributed by atoms with van der Waals surface area (Å²) in [7, 11) is 1.87. The maximum Gasteiger partial charge on any atom is 0.264 e. The van der Waals surface area contributed by atoms with Crippen molar-refractivity contribution in [3.8, 4) is 22.7 Å². The lowest BCUT2D eigenvalue weighted by Crippen LogP contribution is -2.49. The summed E-state index contributed by atoms with van der Waals surface area (Å²) < 4.78 is 29.8. The predicted molar refractivity (Wildman–Crippen MR) is 108 cm³/mol. The van der Waals surface area contributed by atoms with Crippen LogP contribution < -0.4 is 10.2 Å². The molecule has 0 saturated carbocycles. The lowest BCUT2D eigenvalue weighted by molar-refractivity contribution is -0.0128. The van der Waals surface area contributed by atoms with Crippen molar-refractivity contribution < 1.29 is 13.9 Å². The first-order valence-corrected chi connectivity index (χ1v) is 9.93. The summed E-state index contributed by atoms with van der Waals surface area (Å²) in [5.41, 5.74) is 1.90. The van der Waals surface area contributed by atoms with Crippen LogP contribution >= 0.6 is 0 Å². The van der Waals surface area contributed by atoms with Crippen LogP contribution in [0.25, 0.3) is 16.9 Å². The third-order valence-electron chi connectivity index (χ3n) is 6.15. The maximum atomic E-state index is 14.0. The normalized spacial score (nSPS) is 24.7. The number of hydrogen-bond acceptors (Lipinski definition) is 6. The standard InChI is InChI=1S/C21H22F2N6O/c1-28(15-8-13-11-21(22,23)19(10-15)25-13)20-5-4-17(26-27-20)16-3-2-14(9-18(16)30)29-7-6-24-12-29/h2-7,9,12-13,15,19,25,30H,8,10-11H2,1H3/t13-,15+,19+/m0/s1. The van der Waals surface area contributed by atoms with Crippen molar-refractivity contribution >= 4 is 5.82 Å². The van der Waals surface area contributed by atoms with Crippen molar-refractivity contribution in [3.05, 3.63) is 49.1 Å². The van der Waals surface area contributed by atoms with Gasteiger partial charge in [0.15, 0.2) is 5.82 Å². The van der Waals surface area contributed by atoms with Crippen LogP contribution in [0.1, 0.15) is 19.3 Å². The van der Waals surface area contributed by atoms with Gasteiger partial charge in [-0.05, 0) is 37.1 Å². The number of alkyl halides is 2. The number of phenolic OH excluding ortho intramolecular Hbond substituents is 1. The van der Waals surface area contributed by atoms with Gasteiger partial charge in [-0.15, -0.1) is 10.2 Å². The average molecular weight is 412 g/mol. The topological polar surface area (TPSA) is 79.1 Å². The Morgan fingerprint density at radius 3 is 2.73 bits per heavy atom. The monoisotopic (exact) mass is 412 g/mol. The van der Waals surface area contributed by atoms with Gasteiger partial charge in [0, 0.05) is 49.6 Å². The zero-order chi connectivity index (χ0) is 20.9. The highest BCUT2D eigenvalue weighted by molar-refractivity contribution is 5.69. The molecule has 3 atom stereocenters. The lowest BCUT2D eigenvalue weighted by atomic mass is 9.98. The Hall–Kier alpha value is -3.07. The van der Waals surface area contributed by atoms with Crippen LogP contribution in [0.4, 0.5) is 14.6 Å². The van der Waals surface area contributed by atoms with Crippen LogP contribution in [0.15, 0.2) is 49.1 Å². The van der Waals surface area contributed by atoms with E-state index < -0.39 is 12.0 Å². The smallest absolute Gasteiger partial charge is 0.264 e. The molecule has 9 heteroatoms. The second-order valence-electron chi connectivity index (χ2n) is 8.07. The Balaban J connectivity index is 1.33. The summed E-state index contributed by atoms with van der Waals surface area (Å²) in [5.74, 6) is -1.92. The Kier molecular flexibility index (Phi) is 4.43. The number of imidazole rings is 1. The molecule has 2 saturated heterocycles. The third kappa shape index (κ3) is 3.28. The SMILES string of the molecule is CN(c1ccc(-c2ccc(-n3ccnc3)cc2O)nn1)[C@@H]1C[C@H]2CC(F)(F)[C@@H](C1)N2. The number of fused-ring (bicyclic) bond motifs is 2. The molecule has 0 radical (unpaired) electrons. The number of aromatic nitrogens is 4. The first-order chi connectivity index (χ1) is 14.4. The van der Waals surface area contributed by atoms with Gasteiger partial charge in [-0.2, -0.15) is 0 Å². The molecule has 2 fully saturated rings. The third-order valence-corrected chi connectivity index (χ3v) is 6.15. The molecular formula is C21H22F2N6O. The molecule has 5 rings (SSSR count). The van der Waals surface area contributed by atoms with E-state index in [9.17, 15) is 13.9 Å². The average Bonchev–Trinajstić information content (AvgIpc) is 3.34. The zero-order valence-corrected chi connectivity index (χ0v) is 16.4. The van der Waals surface area contributed by atoms with Crippen LogP contribution in [-0.2, 0) is 0 Å². The molecule has 0 amide bonds. The van der Waals surface area contributed by atoms with Crippen molar-refractivity contribution in [3.63, 3.8) is 0 Å². The number of nitrogens with one attached hydrogen (secondary N) is 1. The Bertz CT molecular complexity index is 1040. The molecule has 3 aromatic rings. The predicted octanol–water partition coefficient (Wildman–Crippen LogP) is 3.00. The molecule has 0 spiro atoms. The van der Waals surface area contributed by atoms with Crippen LogP contribution in [0.5, 0.6) is 5.75 Å². The van der Waals surface area contributed by atoms with Gasteiger partial charge in [-0.25, -0.2) is 13.8 Å². The van der Waals surface area contributed by atoms with Gasteiger partial charge in [0.1, 0.15) is 5.75 Å². The van der Waals surface area contributed by atoms with Crippen molar-refractivity contribution in [2.45, 2.75) is 43.3 Å². The van der Waals surface area contributed by atoms with E-state index in [1.54, 1.807) is 41.5 Å². The van der Waals surface area contributed by atoms with Crippen molar-refractivity contribution in [2.24, 2.45) is 0 Å². The number of phenols is 1. The van der Waals surface area contributed by atoms with Crippen molar-refractivity contribution in [1.29, 1.82) is 0 Å².